The number of carbonyl (C=O) groups excluding carboxylic acids is 4. The summed E-state index contributed by atoms with van der Waals surface area (Å²) >= 11 is 5.41. The third-order valence-electron chi connectivity index (χ3n) is 10.7. The number of phenolic OH excluding ortho intramolecular Hbond substituents is 1. The van der Waals surface area contributed by atoms with E-state index in [9.17, 15) is 53.7 Å². The van der Waals surface area contributed by atoms with Crippen molar-refractivity contribution >= 4 is 76.1 Å². The number of carbonyl (C=O) groups is 7. The molecule has 2 atom stereocenters. The van der Waals surface area contributed by atoms with E-state index in [0.717, 1.165) is 0 Å². The van der Waals surface area contributed by atoms with Crippen LogP contribution in [0.2, 0.25) is 0 Å². The Kier molecular flexibility index (Phi) is 27.6. The maximum atomic E-state index is 12.5. The molecule has 9 N–H and O–H groups in total. The molecule has 0 spiro atoms. The molecule has 0 unspecified atom stereocenters. The van der Waals surface area contributed by atoms with Crippen LogP contribution in [0.3, 0.4) is 0 Å². The average molecular weight is 1090 g/mol. The van der Waals surface area contributed by atoms with Crippen LogP contribution in [0.25, 0.3) is 33.4 Å². The minimum atomic E-state index is -1.44. The lowest BCUT2D eigenvalue weighted by Crippen LogP contribution is -2.49. The summed E-state index contributed by atoms with van der Waals surface area (Å²) in [4.78, 5) is 94.0. The summed E-state index contributed by atoms with van der Waals surface area (Å²) in [6.45, 7) is 4.52. The van der Waals surface area contributed by atoms with E-state index in [4.69, 9.17) is 50.2 Å². The molecule has 0 aromatic heterocycles. The third kappa shape index (κ3) is 23.1. The molecule has 76 heavy (non-hydrogen) atoms. The number of fused-ring (bicyclic) bond motifs is 2. The number of aliphatic carboxylic acids is 2. The van der Waals surface area contributed by atoms with Gasteiger partial charge in [0.2, 0.25) is 5.91 Å². The maximum absolute atomic E-state index is 12.5. The number of thiocarbonyl (C=S) groups is 1. The Morgan fingerprint density at radius 1 is 0.658 bits per heavy atom. The predicted molar refractivity (Wildman–Crippen MR) is 274 cm³/mol. The van der Waals surface area contributed by atoms with Gasteiger partial charge < -0.3 is 84.6 Å². The number of rotatable bonds is 39. The molecule has 3 amide bonds. The summed E-state index contributed by atoms with van der Waals surface area (Å²) in [6.07, 6.45) is -1.85. The maximum Gasteiger partial charge on any atom is 0.336 e. The van der Waals surface area contributed by atoms with Crippen LogP contribution in [0.1, 0.15) is 55.3 Å². The standard InChI is InChI=1S/C50H63N5O20S/c56-31-74-44(11-12-45(61)62)55-49(67)54-40(48(65)66)10-6-33(57)2-1-14-51-43(60)13-16-68-18-20-70-22-24-72-26-27-73-25-23-71-21-19-69-17-15-52-50(76)53-32-3-7-36(39(28-32)47(63)64)46-37-8-4-34(58)29-41(37)75-42-30-35(59)5-9-38(42)46/h3-5,7-9,28-31,40,44,58H,1-2,6,10-27H2,(H,51,60)(H,61,62)(H,63,64)(H,65,66)(H2,52,53,76)(H2,54,55,67)/t40-,44+/m0/s1. The molecule has 26 heteroatoms. The lowest BCUT2D eigenvalue weighted by Gasteiger charge is -2.19. The van der Waals surface area contributed by atoms with Crippen LogP contribution in [0.15, 0.2) is 63.8 Å². The lowest BCUT2D eigenvalue weighted by molar-refractivity contribution is -0.141. The van der Waals surface area contributed by atoms with Crippen LogP contribution in [0.5, 0.6) is 5.75 Å². The number of hydrogen-bond donors (Lipinski definition) is 9. The van der Waals surface area contributed by atoms with Crippen molar-refractivity contribution in [2.75, 3.05) is 97.7 Å². The Morgan fingerprint density at radius 2 is 1.29 bits per heavy atom. The van der Waals surface area contributed by atoms with Gasteiger partial charge in [0, 0.05) is 73.1 Å². The molecule has 2 aromatic rings. The molecule has 25 nitrogen and oxygen atoms in total. The Hall–Kier alpha value is -7.33. The molecule has 2 aromatic carbocycles. The molecule has 1 aliphatic heterocycles. The normalized spacial score (nSPS) is 11.8. The van der Waals surface area contributed by atoms with Gasteiger partial charge in [0.05, 0.1) is 91.3 Å². The zero-order valence-electron chi connectivity index (χ0n) is 41.5. The number of aromatic carboxylic acids is 1. The topological polar surface area (TPSA) is 355 Å². The van der Waals surface area contributed by atoms with Gasteiger partial charge in [0.15, 0.2) is 16.8 Å². The number of aromatic hydroxyl groups is 1. The second-order valence-electron chi connectivity index (χ2n) is 16.4. The smallest absolute Gasteiger partial charge is 0.336 e. The molecule has 1 heterocycles. The molecular formula is C50H63N5O20S. The average Bonchev–Trinajstić information content (AvgIpc) is 3.37. The zero-order chi connectivity index (χ0) is 55.1. The minimum Gasteiger partial charge on any atom is -0.508 e. The largest absolute Gasteiger partial charge is 0.508 e. The van der Waals surface area contributed by atoms with E-state index in [0.29, 0.717) is 107 Å². The minimum absolute atomic E-state index is 0.0169. The molecule has 0 fully saturated rings. The van der Waals surface area contributed by atoms with Crippen molar-refractivity contribution in [3.63, 3.8) is 0 Å². The molecule has 0 saturated carbocycles. The zero-order valence-corrected chi connectivity index (χ0v) is 42.3. The SMILES string of the molecule is O=CO[C@H](CCC(=O)O)NC(=O)N[C@@H](CCC(=O)CCCNC(=O)CCOCCOCCOCCOCCOCCOCCNC(=S)Nc1ccc(-c2c3ccc(=O)cc-3oc3cc(O)ccc23)c(C(=O)O)c1)C(=O)O. The van der Waals surface area contributed by atoms with Crippen LogP contribution in [-0.2, 0) is 57.1 Å². The van der Waals surface area contributed by atoms with Crippen molar-refractivity contribution in [2.24, 2.45) is 0 Å². The molecule has 0 radical (unpaired) electrons. The summed E-state index contributed by atoms with van der Waals surface area (Å²) in [7, 11) is 0. The highest BCUT2D eigenvalue weighted by Crippen LogP contribution is 2.42. The van der Waals surface area contributed by atoms with E-state index in [2.05, 4.69) is 31.3 Å². The van der Waals surface area contributed by atoms with Crippen molar-refractivity contribution in [3.05, 3.63) is 70.4 Å². The van der Waals surface area contributed by atoms with Crippen molar-refractivity contribution < 1.29 is 91.6 Å². The molecule has 0 saturated heterocycles. The van der Waals surface area contributed by atoms with Crippen LogP contribution >= 0.6 is 12.2 Å². The Balaban J connectivity index is 0.923. The number of amides is 3. The first-order chi connectivity index (χ1) is 36.6. The second kappa shape index (κ2) is 34.3. The van der Waals surface area contributed by atoms with Crippen molar-refractivity contribution in [3.8, 4) is 28.2 Å². The van der Waals surface area contributed by atoms with Crippen molar-refractivity contribution in [1.82, 2.24) is 21.3 Å². The highest BCUT2D eigenvalue weighted by atomic mass is 32.1. The van der Waals surface area contributed by atoms with Gasteiger partial charge in [-0.1, -0.05) is 6.07 Å². The van der Waals surface area contributed by atoms with Gasteiger partial charge in [0.1, 0.15) is 28.9 Å². The van der Waals surface area contributed by atoms with Crippen molar-refractivity contribution in [2.45, 2.75) is 57.2 Å². The fourth-order valence-electron chi connectivity index (χ4n) is 7.08. The van der Waals surface area contributed by atoms with Gasteiger partial charge in [-0.3, -0.25) is 24.0 Å². The Morgan fingerprint density at radius 3 is 1.91 bits per heavy atom. The molecule has 4 rings (SSSR count). The first-order valence-electron chi connectivity index (χ1n) is 24.1. The number of nitrogens with one attached hydrogen (secondary N) is 5. The number of carboxylic acid groups (broad SMARTS) is 3. The van der Waals surface area contributed by atoms with Gasteiger partial charge in [0.25, 0.3) is 6.47 Å². The Labute approximate surface area is 441 Å². The first kappa shape index (κ1) is 61.2. The summed E-state index contributed by atoms with van der Waals surface area (Å²) in [5.41, 5.74) is 1.86. The number of hydrogen-bond acceptors (Lipinski definition) is 18. The molecule has 2 aliphatic rings. The van der Waals surface area contributed by atoms with E-state index in [1.165, 1.54) is 30.3 Å². The predicted octanol–water partition coefficient (Wildman–Crippen LogP) is 3.11. The third-order valence-corrected chi connectivity index (χ3v) is 11.0. The highest BCUT2D eigenvalue weighted by Gasteiger charge is 2.25. The summed E-state index contributed by atoms with van der Waals surface area (Å²) in [5.74, 6) is -4.13. The molecular weight excluding hydrogens is 1020 g/mol. The van der Waals surface area contributed by atoms with Crippen LogP contribution in [-0.4, -0.2) is 172 Å². The fourth-order valence-corrected chi connectivity index (χ4v) is 7.30. The number of ether oxygens (including phenoxy) is 7. The van der Waals surface area contributed by atoms with E-state index < -0.39 is 42.6 Å². The van der Waals surface area contributed by atoms with E-state index in [1.807, 2.05) is 0 Å². The number of carboxylic acids is 3. The second-order valence-corrected chi connectivity index (χ2v) is 16.8. The highest BCUT2D eigenvalue weighted by molar-refractivity contribution is 7.80. The molecule has 1 aliphatic carbocycles. The number of Topliss-reactive ketones (excluding diaryl/α,β-unsaturated/α-hetero) is 1. The Bertz CT molecular complexity index is 2580. The van der Waals surface area contributed by atoms with Crippen molar-refractivity contribution in [1.29, 1.82) is 0 Å². The van der Waals surface area contributed by atoms with Crippen LogP contribution in [0, 0.1) is 0 Å². The number of phenols is 1. The summed E-state index contributed by atoms with van der Waals surface area (Å²) < 4.78 is 43.4. The van der Waals surface area contributed by atoms with E-state index in [1.54, 1.807) is 24.3 Å². The van der Waals surface area contributed by atoms with E-state index in [-0.39, 0.29) is 103 Å². The number of ketones is 1. The summed E-state index contributed by atoms with van der Waals surface area (Å²) in [5, 5.41) is 52.3. The number of benzene rings is 3. The molecule has 0 bridgehead atoms. The fraction of sp³-hybridized carbons (Fsp3) is 0.460. The monoisotopic (exact) mass is 1090 g/mol. The lowest BCUT2D eigenvalue weighted by atomic mass is 9.90. The molecule has 414 valence electrons. The van der Waals surface area contributed by atoms with Crippen LogP contribution < -0.4 is 32.0 Å². The van der Waals surface area contributed by atoms with Gasteiger partial charge >= 0.3 is 23.9 Å². The van der Waals surface area contributed by atoms with Crippen LogP contribution in [0.4, 0.5) is 10.5 Å². The van der Waals surface area contributed by atoms with Gasteiger partial charge in [-0.2, -0.15) is 0 Å². The van der Waals surface area contributed by atoms with E-state index >= 15 is 0 Å². The first-order valence-corrected chi connectivity index (χ1v) is 24.5. The number of anilines is 1. The van der Waals surface area contributed by atoms with Gasteiger partial charge in [-0.15, -0.1) is 0 Å². The van der Waals surface area contributed by atoms with Gasteiger partial charge in [-0.25, -0.2) is 14.4 Å². The van der Waals surface area contributed by atoms with Gasteiger partial charge in [-0.05, 0) is 67.0 Å². The summed E-state index contributed by atoms with van der Waals surface area (Å²) in [6, 6.07) is 11.1. The number of urea groups is 1. The quantitative estimate of drug-likeness (QED) is 0.0102.